The van der Waals surface area contributed by atoms with Gasteiger partial charge in [0.2, 0.25) is 11.8 Å². The average Bonchev–Trinajstić information content (AvgIpc) is 2.95. The van der Waals surface area contributed by atoms with Crippen LogP contribution in [-0.4, -0.2) is 18.4 Å². The van der Waals surface area contributed by atoms with Crippen molar-refractivity contribution in [3.8, 4) is 0 Å². The molecule has 0 radical (unpaired) electrons. The van der Waals surface area contributed by atoms with Crippen LogP contribution >= 0.6 is 23.2 Å². The predicted octanol–water partition coefficient (Wildman–Crippen LogP) is 4.60. The van der Waals surface area contributed by atoms with Crippen molar-refractivity contribution in [1.82, 2.24) is 0 Å². The van der Waals surface area contributed by atoms with Gasteiger partial charge in [-0.2, -0.15) is 0 Å². The molecule has 1 atom stereocenters. The van der Waals surface area contributed by atoms with E-state index in [2.05, 4.69) is 5.32 Å². The van der Waals surface area contributed by atoms with Crippen LogP contribution in [-0.2, 0) is 9.59 Å². The second-order valence-corrected chi connectivity index (χ2v) is 7.10. The van der Waals surface area contributed by atoms with Gasteiger partial charge in [0.05, 0.1) is 16.6 Å². The minimum absolute atomic E-state index is 0.133. The zero-order valence-electron chi connectivity index (χ0n) is 14.0. The molecule has 3 rings (SSSR count). The van der Waals surface area contributed by atoms with E-state index in [1.165, 1.54) is 4.90 Å². The first-order valence-corrected chi connectivity index (χ1v) is 8.75. The molecule has 1 aliphatic heterocycles. The van der Waals surface area contributed by atoms with E-state index in [9.17, 15) is 9.59 Å². The monoisotopic (exact) mass is 376 g/mol. The zero-order chi connectivity index (χ0) is 18.1. The third-order valence-corrected chi connectivity index (χ3v) is 4.98. The van der Waals surface area contributed by atoms with Gasteiger partial charge < -0.3 is 10.2 Å². The van der Waals surface area contributed by atoms with Crippen LogP contribution in [0.1, 0.15) is 17.5 Å². The molecule has 1 N–H and O–H groups in total. The summed E-state index contributed by atoms with van der Waals surface area (Å²) in [6.07, 6.45) is 0.152. The molecule has 6 heteroatoms. The van der Waals surface area contributed by atoms with Gasteiger partial charge in [0.1, 0.15) is 0 Å². The molecule has 2 aromatic carbocycles. The summed E-state index contributed by atoms with van der Waals surface area (Å²) in [6.45, 7) is 4.18. The molecular weight excluding hydrogens is 359 g/mol. The van der Waals surface area contributed by atoms with Crippen molar-refractivity contribution in [2.45, 2.75) is 20.3 Å². The summed E-state index contributed by atoms with van der Waals surface area (Å²) >= 11 is 12.2. The average molecular weight is 377 g/mol. The summed E-state index contributed by atoms with van der Waals surface area (Å²) in [5, 5.41) is 3.90. The SMILES string of the molecule is Cc1cccc(C)c1NC(=O)C1CC(=O)N(c2cc(Cl)ccc2Cl)C1. The van der Waals surface area contributed by atoms with Crippen LogP contribution in [0.5, 0.6) is 0 Å². The molecule has 1 fully saturated rings. The van der Waals surface area contributed by atoms with Crippen molar-refractivity contribution in [2.24, 2.45) is 5.92 Å². The lowest BCUT2D eigenvalue weighted by molar-refractivity contribution is -0.122. The highest BCUT2D eigenvalue weighted by Crippen LogP contribution is 2.34. The summed E-state index contributed by atoms with van der Waals surface area (Å²) in [5.41, 5.74) is 3.33. The molecule has 0 aromatic heterocycles. The smallest absolute Gasteiger partial charge is 0.229 e. The van der Waals surface area contributed by atoms with E-state index < -0.39 is 5.92 Å². The summed E-state index contributed by atoms with van der Waals surface area (Å²) in [4.78, 5) is 26.6. The third-order valence-electron chi connectivity index (χ3n) is 4.42. The van der Waals surface area contributed by atoms with Crippen molar-refractivity contribution in [2.75, 3.05) is 16.8 Å². The zero-order valence-corrected chi connectivity index (χ0v) is 15.5. The lowest BCUT2D eigenvalue weighted by atomic mass is 10.1. The first-order valence-electron chi connectivity index (χ1n) is 7.99. The molecule has 0 aliphatic carbocycles. The van der Waals surface area contributed by atoms with Gasteiger partial charge in [-0.1, -0.05) is 41.4 Å². The molecule has 1 saturated heterocycles. The maximum absolute atomic E-state index is 12.6. The second-order valence-electron chi connectivity index (χ2n) is 6.26. The largest absolute Gasteiger partial charge is 0.325 e. The number of amides is 2. The third kappa shape index (κ3) is 3.65. The number of halogens is 2. The van der Waals surface area contributed by atoms with E-state index in [1.807, 2.05) is 32.0 Å². The van der Waals surface area contributed by atoms with Crippen LogP contribution in [0.15, 0.2) is 36.4 Å². The fourth-order valence-electron chi connectivity index (χ4n) is 3.05. The maximum atomic E-state index is 12.6. The number of rotatable bonds is 3. The number of para-hydroxylation sites is 1. The van der Waals surface area contributed by atoms with Gasteiger partial charge in [-0.3, -0.25) is 9.59 Å². The number of hydrogen-bond acceptors (Lipinski definition) is 2. The molecular formula is C19H18Cl2N2O2. The molecule has 0 spiro atoms. The Hall–Kier alpha value is -2.04. The quantitative estimate of drug-likeness (QED) is 0.850. The number of hydrogen-bond donors (Lipinski definition) is 1. The topological polar surface area (TPSA) is 49.4 Å². The van der Waals surface area contributed by atoms with E-state index in [1.54, 1.807) is 18.2 Å². The van der Waals surface area contributed by atoms with Crippen molar-refractivity contribution in [3.05, 3.63) is 57.6 Å². The van der Waals surface area contributed by atoms with Crippen molar-refractivity contribution >= 4 is 46.4 Å². The first kappa shape index (κ1) is 17.8. The number of carbonyl (C=O) groups is 2. The normalized spacial score (nSPS) is 17.0. The number of nitrogens with zero attached hydrogens (tertiary/aromatic N) is 1. The van der Waals surface area contributed by atoms with Gasteiger partial charge in [-0.25, -0.2) is 0 Å². The fourth-order valence-corrected chi connectivity index (χ4v) is 3.43. The second kappa shape index (κ2) is 7.06. The molecule has 1 heterocycles. The lowest BCUT2D eigenvalue weighted by Gasteiger charge is -2.19. The Balaban J connectivity index is 1.78. The Morgan fingerprint density at radius 1 is 1.16 bits per heavy atom. The van der Waals surface area contributed by atoms with E-state index in [0.717, 1.165) is 16.8 Å². The molecule has 2 amide bonds. The van der Waals surface area contributed by atoms with Crippen LogP contribution < -0.4 is 10.2 Å². The Bertz CT molecular complexity index is 831. The minimum Gasteiger partial charge on any atom is -0.325 e. The lowest BCUT2D eigenvalue weighted by Crippen LogP contribution is -2.28. The molecule has 4 nitrogen and oxygen atoms in total. The van der Waals surface area contributed by atoms with E-state index >= 15 is 0 Å². The molecule has 1 unspecified atom stereocenters. The summed E-state index contributed by atoms with van der Waals surface area (Å²) in [7, 11) is 0. The van der Waals surface area contributed by atoms with Gasteiger partial charge in [0.15, 0.2) is 0 Å². The maximum Gasteiger partial charge on any atom is 0.229 e. The predicted molar refractivity (Wildman–Crippen MR) is 101 cm³/mol. The minimum atomic E-state index is -0.429. The van der Waals surface area contributed by atoms with Gasteiger partial charge in [-0.05, 0) is 43.2 Å². The Labute approximate surface area is 156 Å². The van der Waals surface area contributed by atoms with Gasteiger partial charge in [0.25, 0.3) is 0 Å². The highest BCUT2D eigenvalue weighted by molar-refractivity contribution is 6.36. The summed E-state index contributed by atoms with van der Waals surface area (Å²) in [5.74, 6) is -0.723. The number of anilines is 2. The van der Waals surface area contributed by atoms with Crippen molar-refractivity contribution in [3.63, 3.8) is 0 Å². The Morgan fingerprint density at radius 3 is 2.52 bits per heavy atom. The first-order chi connectivity index (χ1) is 11.9. The number of carbonyl (C=O) groups excluding carboxylic acids is 2. The van der Waals surface area contributed by atoms with Crippen molar-refractivity contribution in [1.29, 1.82) is 0 Å². The molecule has 130 valence electrons. The molecule has 25 heavy (non-hydrogen) atoms. The van der Waals surface area contributed by atoms with Crippen LogP contribution in [0.2, 0.25) is 10.0 Å². The standard InChI is InChI=1S/C19H18Cl2N2O2/c1-11-4-3-5-12(2)18(11)22-19(25)13-8-17(24)23(10-13)16-9-14(20)6-7-15(16)21/h3-7,9,13H,8,10H2,1-2H3,(H,22,25). The highest BCUT2D eigenvalue weighted by atomic mass is 35.5. The van der Waals surface area contributed by atoms with Gasteiger partial charge >= 0.3 is 0 Å². The number of benzene rings is 2. The summed E-state index contributed by atoms with van der Waals surface area (Å²) < 4.78 is 0. The fraction of sp³-hybridized carbons (Fsp3) is 0.263. The Morgan fingerprint density at radius 2 is 1.84 bits per heavy atom. The Kier molecular flexibility index (Phi) is 5.02. The van der Waals surface area contributed by atoms with E-state index in [4.69, 9.17) is 23.2 Å². The van der Waals surface area contributed by atoms with Crippen molar-refractivity contribution < 1.29 is 9.59 Å². The van der Waals surface area contributed by atoms with Gasteiger partial charge in [0, 0.05) is 23.7 Å². The number of aryl methyl sites for hydroxylation is 2. The molecule has 1 aliphatic rings. The number of nitrogens with one attached hydrogen (secondary N) is 1. The molecule has 0 saturated carbocycles. The molecule has 0 bridgehead atoms. The van der Waals surface area contributed by atoms with Crippen LogP contribution in [0.4, 0.5) is 11.4 Å². The highest BCUT2D eigenvalue weighted by Gasteiger charge is 2.36. The van der Waals surface area contributed by atoms with Crippen LogP contribution in [0, 0.1) is 19.8 Å². The van der Waals surface area contributed by atoms with E-state index in [-0.39, 0.29) is 24.8 Å². The summed E-state index contributed by atoms with van der Waals surface area (Å²) in [6, 6.07) is 10.8. The molecule has 2 aromatic rings. The van der Waals surface area contributed by atoms with Crippen LogP contribution in [0.3, 0.4) is 0 Å². The van der Waals surface area contributed by atoms with E-state index in [0.29, 0.717) is 15.7 Å². The van der Waals surface area contributed by atoms with Gasteiger partial charge in [-0.15, -0.1) is 0 Å². The van der Waals surface area contributed by atoms with Crippen LogP contribution in [0.25, 0.3) is 0 Å².